The first kappa shape index (κ1) is 23.5. The lowest BCUT2D eigenvalue weighted by atomic mass is 9.97. The molecular formula is C23H33N5O5. The number of nitrogens with one attached hydrogen (secondary N) is 1. The van der Waals surface area contributed by atoms with Crippen molar-refractivity contribution < 1.29 is 23.5 Å². The fourth-order valence-corrected chi connectivity index (χ4v) is 4.32. The van der Waals surface area contributed by atoms with E-state index >= 15 is 0 Å². The van der Waals surface area contributed by atoms with Crippen molar-refractivity contribution in [2.24, 2.45) is 5.92 Å². The molecule has 2 aliphatic rings. The van der Waals surface area contributed by atoms with E-state index in [0.717, 1.165) is 57.8 Å². The Morgan fingerprint density at radius 1 is 1.15 bits per heavy atom. The normalized spacial score (nSPS) is 19.9. The number of carbonyl (C=O) groups is 1. The number of amides is 1. The van der Waals surface area contributed by atoms with Crippen molar-refractivity contribution in [2.75, 3.05) is 66.7 Å². The molecule has 33 heavy (non-hydrogen) atoms. The number of carbonyl (C=O) groups excluding carboxylic acids is 1. The minimum Gasteiger partial charge on any atom is -0.493 e. The van der Waals surface area contributed by atoms with Gasteiger partial charge in [0, 0.05) is 38.3 Å². The van der Waals surface area contributed by atoms with Crippen LogP contribution in [0.1, 0.15) is 18.7 Å². The van der Waals surface area contributed by atoms with Crippen LogP contribution in [0, 0.1) is 5.92 Å². The van der Waals surface area contributed by atoms with Crippen molar-refractivity contribution >= 4 is 5.91 Å². The Bertz CT molecular complexity index is 914. The van der Waals surface area contributed by atoms with Crippen LogP contribution in [0.5, 0.6) is 11.5 Å². The Hall–Kier alpha value is -2.69. The molecule has 0 radical (unpaired) electrons. The lowest BCUT2D eigenvalue weighted by Crippen LogP contribution is -2.45. The minimum absolute atomic E-state index is 0.0170. The van der Waals surface area contributed by atoms with Crippen LogP contribution in [0.15, 0.2) is 22.7 Å². The zero-order valence-electron chi connectivity index (χ0n) is 19.4. The van der Waals surface area contributed by atoms with Crippen LogP contribution in [-0.2, 0) is 16.1 Å². The van der Waals surface area contributed by atoms with E-state index in [2.05, 4.69) is 25.3 Å². The first-order chi connectivity index (χ1) is 16.2. The van der Waals surface area contributed by atoms with Crippen LogP contribution in [0.4, 0.5) is 0 Å². The van der Waals surface area contributed by atoms with Gasteiger partial charge in [0.2, 0.25) is 17.6 Å². The van der Waals surface area contributed by atoms with Crippen LogP contribution >= 0.6 is 0 Å². The first-order valence-corrected chi connectivity index (χ1v) is 11.5. The lowest BCUT2D eigenvalue weighted by Gasteiger charge is -2.31. The number of benzene rings is 1. The molecule has 1 aromatic heterocycles. The first-order valence-electron chi connectivity index (χ1n) is 11.5. The summed E-state index contributed by atoms with van der Waals surface area (Å²) in [6.07, 6.45) is 1.87. The number of nitrogens with zero attached hydrogens (tertiary/aromatic N) is 4. The van der Waals surface area contributed by atoms with Crippen molar-refractivity contribution in [2.45, 2.75) is 19.4 Å². The molecule has 0 unspecified atom stereocenters. The van der Waals surface area contributed by atoms with Crippen molar-refractivity contribution in [1.29, 1.82) is 0 Å². The molecule has 0 aliphatic carbocycles. The molecule has 0 bridgehead atoms. The van der Waals surface area contributed by atoms with Crippen LogP contribution in [0.25, 0.3) is 11.4 Å². The third-order valence-electron chi connectivity index (χ3n) is 6.18. The zero-order valence-corrected chi connectivity index (χ0v) is 19.4. The van der Waals surface area contributed by atoms with Gasteiger partial charge in [-0.25, -0.2) is 0 Å². The van der Waals surface area contributed by atoms with Gasteiger partial charge in [-0.3, -0.25) is 14.6 Å². The van der Waals surface area contributed by atoms with Crippen LogP contribution in [0.3, 0.4) is 0 Å². The van der Waals surface area contributed by atoms with Gasteiger partial charge in [-0.1, -0.05) is 5.16 Å². The highest BCUT2D eigenvalue weighted by molar-refractivity contribution is 5.78. The van der Waals surface area contributed by atoms with E-state index in [4.69, 9.17) is 18.7 Å². The predicted molar refractivity (Wildman–Crippen MR) is 121 cm³/mol. The quantitative estimate of drug-likeness (QED) is 0.596. The second kappa shape index (κ2) is 11.4. The third kappa shape index (κ3) is 6.21. The number of aromatic nitrogens is 2. The van der Waals surface area contributed by atoms with Crippen molar-refractivity contribution in [3.63, 3.8) is 0 Å². The summed E-state index contributed by atoms with van der Waals surface area (Å²) in [5, 5.41) is 7.23. The second-order valence-electron chi connectivity index (χ2n) is 8.40. The number of ether oxygens (including phenoxy) is 3. The molecular weight excluding hydrogens is 426 g/mol. The number of rotatable bonds is 9. The molecule has 4 rings (SSSR count). The Balaban J connectivity index is 1.28. The van der Waals surface area contributed by atoms with E-state index in [1.807, 2.05) is 18.2 Å². The van der Waals surface area contributed by atoms with Gasteiger partial charge in [0.1, 0.15) is 0 Å². The van der Waals surface area contributed by atoms with E-state index < -0.39 is 0 Å². The summed E-state index contributed by atoms with van der Waals surface area (Å²) in [6.45, 7) is 7.08. The Morgan fingerprint density at radius 3 is 2.76 bits per heavy atom. The van der Waals surface area contributed by atoms with Gasteiger partial charge >= 0.3 is 0 Å². The monoisotopic (exact) mass is 459 g/mol. The van der Waals surface area contributed by atoms with E-state index in [-0.39, 0.29) is 11.8 Å². The third-order valence-corrected chi connectivity index (χ3v) is 6.18. The zero-order chi connectivity index (χ0) is 23.0. The smallest absolute Gasteiger partial charge is 0.241 e. The van der Waals surface area contributed by atoms with Gasteiger partial charge in [-0.05, 0) is 37.6 Å². The maximum absolute atomic E-state index is 12.7. The van der Waals surface area contributed by atoms with Crippen LogP contribution < -0.4 is 14.8 Å². The fraction of sp³-hybridized carbons (Fsp3) is 0.609. The maximum Gasteiger partial charge on any atom is 0.241 e. The summed E-state index contributed by atoms with van der Waals surface area (Å²) in [6, 6.07) is 5.51. The Labute approximate surface area is 194 Å². The van der Waals surface area contributed by atoms with Crippen molar-refractivity contribution in [3.8, 4) is 22.9 Å². The summed E-state index contributed by atoms with van der Waals surface area (Å²) in [5.74, 6) is 2.40. The molecule has 1 amide bonds. The molecule has 10 heteroatoms. The molecule has 1 aromatic carbocycles. The molecule has 3 heterocycles. The van der Waals surface area contributed by atoms with Gasteiger partial charge in [0.25, 0.3) is 0 Å². The SMILES string of the molecule is COc1ccc(-c2noc(CN3CCC[C@@H](C(=O)NCCN4CCOCC4)C3)n2)cc1OC. The van der Waals surface area contributed by atoms with Gasteiger partial charge in [0.05, 0.1) is 39.9 Å². The van der Waals surface area contributed by atoms with Crippen molar-refractivity contribution in [1.82, 2.24) is 25.3 Å². The van der Waals surface area contributed by atoms with Crippen molar-refractivity contribution in [3.05, 3.63) is 24.1 Å². The van der Waals surface area contributed by atoms with Gasteiger partial charge in [-0.15, -0.1) is 0 Å². The molecule has 2 aliphatic heterocycles. The molecule has 180 valence electrons. The molecule has 2 fully saturated rings. The topological polar surface area (TPSA) is 102 Å². The molecule has 2 aromatic rings. The number of piperidine rings is 1. The Morgan fingerprint density at radius 2 is 1.97 bits per heavy atom. The second-order valence-corrected chi connectivity index (χ2v) is 8.40. The molecule has 1 atom stereocenters. The number of hydrogen-bond donors (Lipinski definition) is 1. The maximum atomic E-state index is 12.7. The summed E-state index contributed by atoms with van der Waals surface area (Å²) in [4.78, 5) is 21.8. The molecule has 0 spiro atoms. The number of methoxy groups -OCH3 is 2. The molecule has 1 N–H and O–H groups in total. The lowest BCUT2D eigenvalue weighted by molar-refractivity contribution is -0.126. The van der Waals surface area contributed by atoms with Gasteiger partial charge in [0.15, 0.2) is 11.5 Å². The summed E-state index contributed by atoms with van der Waals surface area (Å²) >= 11 is 0. The fourth-order valence-electron chi connectivity index (χ4n) is 4.32. The number of morpholine rings is 1. The molecule has 10 nitrogen and oxygen atoms in total. The molecule has 0 saturated carbocycles. The average Bonchev–Trinajstić information content (AvgIpc) is 3.32. The van der Waals surface area contributed by atoms with E-state index in [1.54, 1.807) is 14.2 Å². The van der Waals surface area contributed by atoms with Crippen LogP contribution in [0.2, 0.25) is 0 Å². The minimum atomic E-state index is -0.0170. The van der Waals surface area contributed by atoms with Crippen LogP contribution in [-0.4, -0.2) is 92.5 Å². The standard InChI is InChI=1S/C23H33N5O5/c1-30-19-6-5-17(14-20(19)31-2)22-25-21(33-26-22)16-28-8-3-4-18(15-28)23(29)24-7-9-27-10-12-32-13-11-27/h5-6,14,18H,3-4,7-13,15-16H2,1-2H3,(H,24,29)/t18-/m1/s1. The molecule has 2 saturated heterocycles. The van der Waals surface area contributed by atoms with Gasteiger partial charge in [-0.2, -0.15) is 4.98 Å². The summed E-state index contributed by atoms with van der Waals surface area (Å²) in [5.41, 5.74) is 0.791. The number of likely N-dealkylation sites (tertiary alicyclic amines) is 1. The highest BCUT2D eigenvalue weighted by Gasteiger charge is 2.27. The highest BCUT2D eigenvalue weighted by atomic mass is 16.5. The number of hydrogen-bond acceptors (Lipinski definition) is 9. The summed E-state index contributed by atoms with van der Waals surface area (Å²) in [7, 11) is 3.19. The highest BCUT2D eigenvalue weighted by Crippen LogP contribution is 2.31. The average molecular weight is 460 g/mol. The Kier molecular flexibility index (Phi) is 8.14. The predicted octanol–water partition coefficient (Wildman–Crippen LogP) is 1.41. The van der Waals surface area contributed by atoms with E-state index in [0.29, 0.717) is 42.8 Å². The van der Waals surface area contributed by atoms with E-state index in [9.17, 15) is 4.79 Å². The van der Waals surface area contributed by atoms with E-state index in [1.165, 1.54) is 0 Å². The largest absolute Gasteiger partial charge is 0.493 e. The van der Waals surface area contributed by atoms with Gasteiger partial charge < -0.3 is 24.1 Å². The summed E-state index contributed by atoms with van der Waals surface area (Å²) < 4.78 is 21.5.